The lowest BCUT2D eigenvalue weighted by molar-refractivity contribution is 0.0590. The summed E-state index contributed by atoms with van der Waals surface area (Å²) < 4.78 is 5.90. The molecule has 1 aromatic heterocycles. The van der Waals surface area contributed by atoms with Gasteiger partial charge in [-0.05, 0) is 12.1 Å². The molecule has 0 radical (unpaired) electrons. The van der Waals surface area contributed by atoms with E-state index in [4.69, 9.17) is 4.74 Å². The number of carbonyl (C=O) groups is 1. The summed E-state index contributed by atoms with van der Waals surface area (Å²) in [4.78, 5) is 13.9. The van der Waals surface area contributed by atoms with Gasteiger partial charge in [-0.25, -0.2) is 0 Å². The highest BCUT2D eigenvalue weighted by molar-refractivity contribution is 5.91. The molecule has 1 N–H and O–H groups in total. The van der Waals surface area contributed by atoms with E-state index in [1.54, 1.807) is 4.90 Å². The van der Waals surface area contributed by atoms with Gasteiger partial charge in [0.15, 0.2) is 5.69 Å². The molecular weight excluding hydrogens is 256 g/mol. The standard InChI is InChI=1S/C14H16N4O2/c19-14(13-10-15-17-16-13)18-8-6-12(7-9-18)20-11-4-2-1-3-5-11/h1-5,10,12H,6-9H2,(H,15,16,17). The summed E-state index contributed by atoms with van der Waals surface area (Å²) in [6.07, 6.45) is 3.28. The molecule has 104 valence electrons. The Morgan fingerprint density at radius 1 is 1.25 bits per heavy atom. The molecule has 1 aliphatic rings. The van der Waals surface area contributed by atoms with Crippen LogP contribution in [0.4, 0.5) is 0 Å². The average molecular weight is 272 g/mol. The van der Waals surface area contributed by atoms with E-state index in [0.29, 0.717) is 18.8 Å². The van der Waals surface area contributed by atoms with Crippen LogP contribution in [0.1, 0.15) is 23.3 Å². The minimum atomic E-state index is -0.0723. The Balaban J connectivity index is 1.53. The Hall–Kier alpha value is -2.37. The van der Waals surface area contributed by atoms with Gasteiger partial charge in [0.05, 0.1) is 6.20 Å². The maximum atomic E-state index is 12.1. The second-order valence-corrected chi connectivity index (χ2v) is 4.78. The van der Waals surface area contributed by atoms with Gasteiger partial charge in [-0.2, -0.15) is 15.4 Å². The van der Waals surface area contributed by atoms with Gasteiger partial charge in [0.1, 0.15) is 11.9 Å². The largest absolute Gasteiger partial charge is 0.490 e. The number of hydrogen-bond acceptors (Lipinski definition) is 4. The summed E-state index contributed by atoms with van der Waals surface area (Å²) in [5, 5.41) is 9.94. The van der Waals surface area contributed by atoms with Crippen LogP contribution in [0.3, 0.4) is 0 Å². The van der Waals surface area contributed by atoms with Crippen molar-refractivity contribution in [2.24, 2.45) is 0 Å². The second-order valence-electron chi connectivity index (χ2n) is 4.78. The van der Waals surface area contributed by atoms with Crippen LogP contribution in [0.5, 0.6) is 5.75 Å². The van der Waals surface area contributed by atoms with Crippen LogP contribution < -0.4 is 4.74 Å². The number of rotatable bonds is 3. The predicted molar refractivity (Wildman–Crippen MR) is 72.4 cm³/mol. The summed E-state index contributed by atoms with van der Waals surface area (Å²) >= 11 is 0. The van der Waals surface area contributed by atoms with Crippen molar-refractivity contribution in [2.75, 3.05) is 13.1 Å². The maximum Gasteiger partial charge on any atom is 0.276 e. The van der Waals surface area contributed by atoms with E-state index in [1.165, 1.54) is 6.20 Å². The smallest absolute Gasteiger partial charge is 0.276 e. The number of carbonyl (C=O) groups excluding carboxylic acids is 1. The van der Waals surface area contributed by atoms with E-state index in [1.807, 2.05) is 30.3 Å². The van der Waals surface area contributed by atoms with E-state index in [-0.39, 0.29) is 12.0 Å². The molecule has 6 nitrogen and oxygen atoms in total. The van der Waals surface area contributed by atoms with Gasteiger partial charge in [-0.3, -0.25) is 4.79 Å². The molecule has 1 saturated heterocycles. The van der Waals surface area contributed by atoms with Crippen LogP contribution in [0.15, 0.2) is 36.5 Å². The lowest BCUT2D eigenvalue weighted by Crippen LogP contribution is -2.41. The molecule has 3 rings (SSSR count). The van der Waals surface area contributed by atoms with Crippen LogP contribution in [-0.2, 0) is 0 Å². The first-order valence-corrected chi connectivity index (χ1v) is 6.69. The first kappa shape index (κ1) is 12.7. The van der Waals surface area contributed by atoms with Crippen molar-refractivity contribution in [2.45, 2.75) is 18.9 Å². The number of aromatic nitrogens is 3. The number of amides is 1. The van der Waals surface area contributed by atoms with E-state index < -0.39 is 0 Å². The Morgan fingerprint density at radius 3 is 2.65 bits per heavy atom. The number of nitrogens with zero attached hydrogens (tertiary/aromatic N) is 3. The number of benzene rings is 1. The summed E-state index contributed by atoms with van der Waals surface area (Å²) in [6, 6.07) is 9.78. The van der Waals surface area contributed by atoms with Gasteiger partial charge in [-0.15, -0.1) is 0 Å². The lowest BCUT2D eigenvalue weighted by Gasteiger charge is -2.31. The minimum absolute atomic E-state index is 0.0723. The average Bonchev–Trinajstić information content (AvgIpc) is 3.03. The molecule has 0 bridgehead atoms. The fraction of sp³-hybridized carbons (Fsp3) is 0.357. The minimum Gasteiger partial charge on any atom is -0.490 e. The number of hydrogen-bond donors (Lipinski definition) is 1. The summed E-state index contributed by atoms with van der Waals surface area (Å²) in [5.74, 6) is 0.811. The van der Waals surface area contributed by atoms with Crippen molar-refractivity contribution in [3.8, 4) is 5.75 Å². The molecule has 6 heteroatoms. The molecule has 1 aromatic carbocycles. The zero-order chi connectivity index (χ0) is 13.8. The molecule has 0 aliphatic carbocycles. The van der Waals surface area contributed by atoms with Crippen molar-refractivity contribution in [1.29, 1.82) is 0 Å². The molecule has 0 atom stereocenters. The van der Waals surface area contributed by atoms with E-state index in [9.17, 15) is 4.79 Å². The first-order chi connectivity index (χ1) is 9.83. The van der Waals surface area contributed by atoms with Crippen LogP contribution in [-0.4, -0.2) is 45.4 Å². The zero-order valence-corrected chi connectivity index (χ0v) is 11.0. The van der Waals surface area contributed by atoms with Crippen molar-refractivity contribution >= 4 is 5.91 Å². The number of aromatic amines is 1. The zero-order valence-electron chi connectivity index (χ0n) is 11.0. The normalized spacial score (nSPS) is 16.1. The number of piperidine rings is 1. The molecule has 1 fully saturated rings. The molecule has 0 spiro atoms. The van der Waals surface area contributed by atoms with Gasteiger partial charge in [0.25, 0.3) is 5.91 Å². The van der Waals surface area contributed by atoms with Crippen molar-refractivity contribution in [3.05, 3.63) is 42.2 Å². The van der Waals surface area contributed by atoms with Crippen molar-refractivity contribution in [3.63, 3.8) is 0 Å². The van der Waals surface area contributed by atoms with Gasteiger partial charge in [0.2, 0.25) is 0 Å². The predicted octanol–water partition coefficient (Wildman–Crippen LogP) is 1.49. The lowest BCUT2D eigenvalue weighted by atomic mass is 10.1. The molecular formula is C14H16N4O2. The first-order valence-electron chi connectivity index (χ1n) is 6.69. The van der Waals surface area contributed by atoms with E-state index >= 15 is 0 Å². The third-order valence-electron chi connectivity index (χ3n) is 3.41. The Kier molecular flexibility index (Phi) is 3.62. The summed E-state index contributed by atoms with van der Waals surface area (Å²) in [7, 11) is 0. The topological polar surface area (TPSA) is 71.1 Å². The van der Waals surface area contributed by atoms with Crippen LogP contribution in [0.2, 0.25) is 0 Å². The number of H-pyrrole nitrogens is 1. The fourth-order valence-corrected chi connectivity index (χ4v) is 2.33. The van der Waals surface area contributed by atoms with Crippen LogP contribution >= 0.6 is 0 Å². The quantitative estimate of drug-likeness (QED) is 0.919. The summed E-state index contributed by atoms with van der Waals surface area (Å²) in [5.41, 5.74) is 0.368. The number of likely N-dealkylation sites (tertiary alicyclic amines) is 1. The fourth-order valence-electron chi connectivity index (χ4n) is 2.33. The Bertz CT molecular complexity index is 548. The van der Waals surface area contributed by atoms with Gasteiger partial charge in [0, 0.05) is 25.9 Å². The Morgan fingerprint density at radius 2 is 2.00 bits per heavy atom. The highest BCUT2D eigenvalue weighted by atomic mass is 16.5. The molecule has 0 unspecified atom stereocenters. The van der Waals surface area contributed by atoms with Crippen LogP contribution in [0, 0.1) is 0 Å². The third-order valence-corrected chi connectivity index (χ3v) is 3.41. The van der Waals surface area contributed by atoms with Gasteiger partial charge < -0.3 is 9.64 Å². The SMILES string of the molecule is O=C(c1cn[nH]n1)N1CCC(Oc2ccccc2)CC1. The molecule has 2 aromatic rings. The monoisotopic (exact) mass is 272 g/mol. The van der Waals surface area contributed by atoms with Gasteiger partial charge in [-0.1, -0.05) is 18.2 Å². The molecule has 1 aliphatic heterocycles. The molecule has 1 amide bonds. The van der Waals surface area contributed by atoms with Crippen LogP contribution in [0.25, 0.3) is 0 Å². The molecule has 20 heavy (non-hydrogen) atoms. The highest BCUT2D eigenvalue weighted by Gasteiger charge is 2.25. The van der Waals surface area contributed by atoms with Crippen molar-refractivity contribution < 1.29 is 9.53 Å². The third kappa shape index (κ3) is 2.79. The maximum absolute atomic E-state index is 12.1. The Labute approximate surface area is 116 Å². The van der Waals surface area contributed by atoms with E-state index in [0.717, 1.165) is 18.6 Å². The number of para-hydroxylation sites is 1. The van der Waals surface area contributed by atoms with E-state index in [2.05, 4.69) is 15.4 Å². The number of nitrogens with one attached hydrogen (secondary N) is 1. The van der Waals surface area contributed by atoms with Crippen molar-refractivity contribution in [1.82, 2.24) is 20.3 Å². The molecule has 2 heterocycles. The molecule has 0 saturated carbocycles. The van der Waals surface area contributed by atoms with Gasteiger partial charge >= 0.3 is 0 Å². The summed E-state index contributed by atoms with van der Waals surface area (Å²) in [6.45, 7) is 1.37. The highest BCUT2D eigenvalue weighted by Crippen LogP contribution is 2.19. The second kappa shape index (κ2) is 5.73. The number of ether oxygens (including phenoxy) is 1.